The highest BCUT2D eigenvalue weighted by Gasteiger charge is 2.11. The molecule has 3 N–H and O–H groups in total. The molecule has 6 nitrogen and oxygen atoms in total. The molecule has 17 heavy (non-hydrogen) atoms. The Morgan fingerprint density at radius 2 is 2.24 bits per heavy atom. The van der Waals surface area contributed by atoms with Crippen LogP contribution in [0.4, 0.5) is 0 Å². The lowest BCUT2D eigenvalue weighted by Gasteiger charge is -2.14. The molecule has 0 fully saturated rings. The largest absolute Gasteiger partial charge is 0.508 e. The highest BCUT2D eigenvalue weighted by Crippen LogP contribution is 2.27. The molecule has 0 saturated heterocycles. The zero-order valence-electron chi connectivity index (χ0n) is 9.29. The molecule has 2 aromatic rings. The molecule has 2 rings (SSSR count). The number of phenols is 2. The van der Waals surface area contributed by atoms with Crippen LogP contribution in [0, 0.1) is 0 Å². The van der Waals surface area contributed by atoms with Crippen molar-refractivity contribution in [2.75, 3.05) is 0 Å². The van der Waals surface area contributed by atoms with Crippen LogP contribution in [0.1, 0.15) is 24.4 Å². The second-order valence-electron chi connectivity index (χ2n) is 3.69. The van der Waals surface area contributed by atoms with E-state index in [1.54, 1.807) is 6.07 Å². The molecule has 0 amide bonds. The maximum atomic E-state index is 9.67. The lowest BCUT2D eigenvalue weighted by Crippen LogP contribution is -2.18. The first-order valence-electron chi connectivity index (χ1n) is 5.17. The molecule has 0 spiro atoms. The van der Waals surface area contributed by atoms with Crippen molar-refractivity contribution in [3.05, 3.63) is 36.0 Å². The summed E-state index contributed by atoms with van der Waals surface area (Å²) < 4.78 is 4.61. The van der Waals surface area contributed by atoms with Crippen LogP contribution in [-0.4, -0.2) is 20.4 Å². The Bertz CT molecular complexity index is 485. The van der Waals surface area contributed by atoms with Crippen molar-refractivity contribution in [3.63, 3.8) is 0 Å². The fourth-order valence-electron chi connectivity index (χ4n) is 1.52. The lowest BCUT2D eigenvalue weighted by molar-refractivity contribution is 0.403. The summed E-state index contributed by atoms with van der Waals surface area (Å²) in [4.78, 5) is 3.88. The summed E-state index contributed by atoms with van der Waals surface area (Å²) in [5, 5.41) is 25.7. The van der Waals surface area contributed by atoms with E-state index in [1.165, 1.54) is 18.5 Å². The van der Waals surface area contributed by atoms with E-state index >= 15 is 0 Å². The van der Waals surface area contributed by atoms with Crippen molar-refractivity contribution in [2.45, 2.75) is 19.5 Å². The van der Waals surface area contributed by atoms with Crippen LogP contribution in [0.5, 0.6) is 11.5 Å². The van der Waals surface area contributed by atoms with E-state index in [9.17, 15) is 10.2 Å². The normalized spacial score (nSPS) is 12.5. The van der Waals surface area contributed by atoms with Crippen LogP contribution in [0.15, 0.2) is 29.1 Å². The highest BCUT2D eigenvalue weighted by atomic mass is 16.5. The predicted molar refractivity (Wildman–Crippen MR) is 59.3 cm³/mol. The smallest absolute Gasteiger partial charge is 0.213 e. The van der Waals surface area contributed by atoms with Gasteiger partial charge in [0.05, 0.1) is 6.54 Å². The Morgan fingerprint density at radius 1 is 1.41 bits per heavy atom. The summed E-state index contributed by atoms with van der Waals surface area (Å²) in [5.74, 6) is 0.643. The zero-order chi connectivity index (χ0) is 12.3. The number of aromatic nitrogens is 2. The molecule has 0 saturated carbocycles. The average Bonchev–Trinajstić information content (AvgIpc) is 2.78. The molecular formula is C11H13N3O3. The summed E-state index contributed by atoms with van der Waals surface area (Å²) in [5.41, 5.74) is 0.700. The van der Waals surface area contributed by atoms with Gasteiger partial charge in [-0.25, -0.2) is 0 Å². The second-order valence-corrected chi connectivity index (χ2v) is 3.69. The maximum absolute atomic E-state index is 9.67. The van der Waals surface area contributed by atoms with Crippen LogP contribution in [0.2, 0.25) is 0 Å². The molecule has 0 bridgehead atoms. The summed E-state index contributed by atoms with van der Waals surface area (Å²) in [6.07, 6.45) is 1.26. The molecule has 1 atom stereocenters. The van der Waals surface area contributed by atoms with Crippen LogP contribution in [-0.2, 0) is 6.54 Å². The van der Waals surface area contributed by atoms with Gasteiger partial charge in [-0.1, -0.05) is 11.2 Å². The van der Waals surface area contributed by atoms with Crippen molar-refractivity contribution >= 4 is 0 Å². The van der Waals surface area contributed by atoms with Gasteiger partial charge < -0.3 is 20.1 Å². The Labute approximate surface area is 97.9 Å². The first-order valence-corrected chi connectivity index (χ1v) is 5.17. The van der Waals surface area contributed by atoms with Crippen LogP contribution >= 0.6 is 0 Å². The van der Waals surface area contributed by atoms with Crippen LogP contribution in [0.25, 0.3) is 0 Å². The quantitative estimate of drug-likeness (QED) is 0.740. The van der Waals surface area contributed by atoms with E-state index < -0.39 is 0 Å². The topological polar surface area (TPSA) is 91.4 Å². The van der Waals surface area contributed by atoms with Gasteiger partial charge in [0.15, 0.2) is 5.82 Å². The Morgan fingerprint density at radius 3 is 2.88 bits per heavy atom. The standard InChI is InChI=1S/C11H13N3O3/c1-7(12-5-11-13-6-17-14-11)9-3-2-8(15)4-10(9)16/h2-4,6-7,12,15-16H,5H2,1H3. The van der Waals surface area contributed by atoms with Gasteiger partial charge >= 0.3 is 0 Å². The van der Waals surface area contributed by atoms with Crippen molar-refractivity contribution < 1.29 is 14.7 Å². The average molecular weight is 235 g/mol. The molecule has 90 valence electrons. The minimum absolute atomic E-state index is 0.0385. The number of hydrogen-bond acceptors (Lipinski definition) is 6. The van der Waals surface area contributed by atoms with Crippen molar-refractivity contribution in [2.24, 2.45) is 0 Å². The SMILES string of the molecule is CC(NCc1ncon1)c1ccc(O)cc1O. The van der Waals surface area contributed by atoms with Gasteiger partial charge in [-0.15, -0.1) is 0 Å². The minimum Gasteiger partial charge on any atom is -0.508 e. The maximum Gasteiger partial charge on any atom is 0.213 e. The first kappa shape index (κ1) is 11.4. The van der Waals surface area contributed by atoms with Gasteiger partial charge in [-0.05, 0) is 13.0 Å². The third kappa shape index (κ3) is 2.73. The first-order chi connectivity index (χ1) is 8.16. The van der Waals surface area contributed by atoms with E-state index in [1.807, 2.05) is 6.92 Å². The molecule has 0 aliphatic rings. The number of benzene rings is 1. The van der Waals surface area contributed by atoms with E-state index in [2.05, 4.69) is 20.0 Å². The van der Waals surface area contributed by atoms with Gasteiger partial charge in [0.25, 0.3) is 0 Å². The Hall–Kier alpha value is -2.08. The molecule has 0 aliphatic carbocycles. The highest BCUT2D eigenvalue weighted by molar-refractivity contribution is 5.40. The van der Waals surface area contributed by atoms with Crippen LogP contribution in [0.3, 0.4) is 0 Å². The zero-order valence-corrected chi connectivity index (χ0v) is 9.29. The Balaban J connectivity index is 2.01. The van der Waals surface area contributed by atoms with E-state index in [4.69, 9.17) is 0 Å². The number of aromatic hydroxyl groups is 2. The summed E-state index contributed by atoms with van der Waals surface area (Å²) >= 11 is 0. The third-order valence-electron chi connectivity index (χ3n) is 2.45. The minimum atomic E-state index is -0.0888. The van der Waals surface area contributed by atoms with Crippen molar-refractivity contribution in [1.29, 1.82) is 0 Å². The van der Waals surface area contributed by atoms with E-state index in [0.717, 1.165) is 0 Å². The Kier molecular flexibility index (Phi) is 3.24. The fourth-order valence-corrected chi connectivity index (χ4v) is 1.52. The van der Waals surface area contributed by atoms with Gasteiger partial charge in [0, 0.05) is 17.7 Å². The van der Waals surface area contributed by atoms with Gasteiger partial charge in [0.2, 0.25) is 6.39 Å². The van der Waals surface area contributed by atoms with Crippen molar-refractivity contribution in [3.8, 4) is 11.5 Å². The van der Waals surface area contributed by atoms with Crippen molar-refractivity contribution in [1.82, 2.24) is 15.5 Å². The van der Waals surface area contributed by atoms with Gasteiger partial charge in [0.1, 0.15) is 11.5 Å². The molecule has 1 heterocycles. The molecule has 1 unspecified atom stereocenters. The van der Waals surface area contributed by atoms with Crippen LogP contribution < -0.4 is 5.32 Å². The molecule has 1 aromatic heterocycles. The molecule has 1 aromatic carbocycles. The van der Waals surface area contributed by atoms with Gasteiger partial charge in [-0.2, -0.15) is 4.98 Å². The summed E-state index contributed by atoms with van der Waals surface area (Å²) in [6, 6.07) is 4.41. The van der Waals surface area contributed by atoms with E-state index in [-0.39, 0.29) is 17.5 Å². The summed E-state index contributed by atoms with van der Waals surface area (Å²) in [6.45, 7) is 2.34. The van der Waals surface area contributed by atoms with Gasteiger partial charge in [-0.3, -0.25) is 0 Å². The molecule has 0 radical (unpaired) electrons. The molecule has 6 heteroatoms. The lowest BCUT2D eigenvalue weighted by atomic mass is 10.1. The monoisotopic (exact) mass is 235 g/mol. The third-order valence-corrected chi connectivity index (χ3v) is 2.45. The predicted octanol–water partition coefficient (Wildman–Crippen LogP) is 1.33. The second kappa shape index (κ2) is 4.84. The number of nitrogens with zero attached hydrogens (tertiary/aromatic N) is 2. The number of nitrogens with one attached hydrogen (secondary N) is 1. The molecular weight excluding hydrogens is 222 g/mol. The number of phenolic OH excluding ortho intramolecular Hbond substituents is 2. The number of rotatable bonds is 4. The summed E-state index contributed by atoms with van der Waals surface area (Å²) in [7, 11) is 0. The van der Waals surface area contributed by atoms with E-state index in [0.29, 0.717) is 17.9 Å². The molecule has 0 aliphatic heterocycles. The fraction of sp³-hybridized carbons (Fsp3) is 0.273. The number of hydrogen-bond donors (Lipinski definition) is 3.